The van der Waals surface area contributed by atoms with E-state index in [1.165, 1.54) is 61.7 Å². The van der Waals surface area contributed by atoms with Crippen LogP contribution < -0.4 is 14.4 Å². The molecule has 0 saturated carbocycles. The lowest BCUT2D eigenvalue weighted by Crippen LogP contribution is -2.38. The van der Waals surface area contributed by atoms with Gasteiger partial charge in [0.05, 0.1) is 34.9 Å². The van der Waals surface area contributed by atoms with Crippen LogP contribution in [0.25, 0.3) is 0 Å². The number of rotatable bonds is 9. The lowest BCUT2D eigenvalue weighted by molar-refractivity contribution is -0.114. The summed E-state index contributed by atoms with van der Waals surface area (Å²) in [4.78, 5) is 24.8. The van der Waals surface area contributed by atoms with E-state index in [1.54, 1.807) is 19.1 Å². The molecule has 0 heterocycles. The fourth-order valence-corrected chi connectivity index (χ4v) is 4.97. The Balaban J connectivity index is 1.88. The average molecular weight is 537 g/mol. The molecular weight excluding hydrogens is 515 g/mol. The quantitative estimate of drug-likeness (QED) is 0.385. The maximum absolute atomic E-state index is 13.5. The molecule has 0 atom stereocenters. The van der Waals surface area contributed by atoms with Gasteiger partial charge in [0.25, 0.3) is 10.0 Å². The standard InChI is InChI=1S/C24H22Cl2N2O6S/c1-3-34-24(30)21-12-7-17(14-22(21)26)27-23(29)15-28(18-6-4-5-16(25)13-18)35(31,32)20-10-8-19(33-2)9-11-20/h4-14H,3,15H2,1-2H3,(H,27,29). The number of halogens is 2. The number of carbonyl (C=O) groups excluding carboxylic acids is 2. The van der Waals surface area contributed by atoms with Gasteiger partial charge in [-0.25, -0.2) is 13.2 Å². The molecule has 0 spiro atoms. The van der Waals surface area contributed by atoms with Crippen LogP contribution >= 0.6 is 23.2 Å². The Bertz CT molecular complexity index is 1330. The first kappa shape index (κ1) is 26.3. The Kier molecular flexibility index (Phi) is 8.61. The molecular formula is C24H22Cl2N2O6S. The van der Waals surface area contributed by atoms with Crippen LogP contribution in [0.15, 0.2) is 71.6 Å². The topological polar surface area (TPSA) is 102 Å². The van der Waals surface area contributed by atoms with E-state index in [9.17, 15) is 18.0 Å². The maximum atomic E-state index is 13.5. The van der Waals surface area contributed by atoms with Gasteiger partial charge in [-0.15, -0.1) is 0 Å². The summed E-state index contributed by atoms with van der Waals surface area (Å²) >= 11 is 12.2. The van der Waals surface area contributed by atoms with Crippen LogP contribution in [0.3, 0.4) is 0 Å². The second kappa shape index (κ2) is 11.4. The molecule has 0 aliphatic heterocycles. The van der Waals surface area contributed by atoms with E-state index in [0.29, 0.717) is 10.8 Å². The molecule has 3 aromatic rings. The number of nitrogens with zero attached hydrogens (tertiary/aromatic N) is 1. The number of hydrogen-bond donors (Lipinski definition) is 1. The van der Waals surface area contributed by atoms with Crippen molar-refractivity contribution in [3.63, 3.8) is 0 Å². The Hall–Kier alpha value is -3.27. The van der Waals surface area contributed by atoms with Gasteiger partial charge in [-0.05, 0) is 67.6 Å². The summed E-state index contributed by atoms with van der Waals surface area (Å²) in [5.41, 5.74) is 0.634. The van der Waals surface area contributed by atoms with Crippen molar-refractivity contribution < 1.29 is 27.5 Å². The van der Waals surface area contributed by atoms with E-state index in [0.717, 1.165) is 4.31 Å². The second-order valence-corrected chi connectivity index (χ2v) is 9.84. The number of methoxy groups -OCH3 is 1. The molecule has 35 heavy (non-hydrogen) atoms. The number of hydrogen-bond acceptors (Lipinski definition) is 6. The third-order valence-electron chi connectivity index (χ3n) is 4.78. The van der Waals surface area contributed by atoms with Gasteiger partial charge in [-0.1, -0.05) is 29.3 Å². The highest BCUT2D eigenvalue weighted by Gasteiger charge is 2.27. The smallest absolute Gasteiger partial charge is 0.339 e. The highest BCUT2D eigenvalue weighted by molar-refractivity contribution is 7.92. The molecule has 0 saturated heterocycles. The number of esters is 1. The van der Waals surface area contributed by atoms with Crippen molar-refractivity contribution in [3.05, 3.63) is 82.3 Å². The third kappa shape index (κ3) is 6.45. The van der Waals surface area contributed by atoms with Gasteiger partial charge in [-0.3, -0.25) is 9.10 Å². The monoisotopic (exact) mass is 536 g/mol. The average Bonchev–Trinajstić information content (AvgIpc) is 2.82. The van der Waals surface area contributed by atoms with E-state index in [1.807, 2.05) is 0 Å². The summed E-state index contributed by atoms with van der Waals surface area (Å²) in [5.74, 6) is -0.741. The first-order valence-electron chi connectivity index (χ1n) is 10.3. The van der Waals surface area contributed by atoms with Gasteiger partial charge in [0.15, 0.2) is 0 Å². The number of carbonyl (C=O) groups is 2. The molecule has 184 valence electrons. The zero-order chi connectivity index (χ0) is 25.6. The van der Waals surface area contributed by atoms with Crippen molar-refractivity contribution in [2.75, 3.05) is 29.9 Å². The highest BCUT2D eigenvalue weighted by atomic mass is 35.5. The van der Waals surface area contributed by atoms with Crippen LogP contribution in [-0.2, 0) is 19.6 Å². The molecule has 8 nitrogen and oxygen atoms in total. The predicted molar refractivity (Wildman–Crippen MR) is 135 cm³/mol. The number of ether oxygens (including phenoxy) is 2. The lowest BCUT2D eigenvalue weighted by atomic mass is 10.2. The molecule has 0 unspecified atom stereocenters. The van der Waals surface area contributed by atoms with Crippen molar-refractivity contribution >= 4 is 56.5 Å². The Morgan fingerprint density at radius 3 is 2.31 bits per heavy atom. The van der Waals surface area contributed by atoms with E-state index in [4.69, 9.17) is 32.7 Å². The number of nitrogens with one attached hydrogen (secondary N) is 1. The molecule has 0 aliphatic carbocycles. The summed E-state index contributed by atoms with van der Waals surface area (Å²) in [7, 11) is -2.67. The lowest BCUT2D eigenvalue weighted by Gasteiger charge is -2.24. The fourth-order valence-electron chi connectivity index (χ4n) is 3.12. The highest BCUT2D eigenvalue weighted by Crippen LogP contribution is 2.28. The minimum atomic E-state index is -4.14. The summed E-state index contributed by atoms with van der Waals surface area (Å²) in [6, 6.07) is 16.2. The van der Waals surface area contributed by atoms with Crippen LogP contribution in [0.4, 0.5) is 11.4 Å². The number of amides is 1. The molecule has 11 heteroatoms. The predicted octanol–water partition coefficient (Wildman–Crippen LogP) is 5.01. The minimum Gasteiger partial charge on any atom is -0.497 e. The van der Waals surface area contributed by atoms with Gasteiger partial charge < -0.3 is 14.8 Å². The van der Waals surface area contributed by atoms with Crippen LogP contribution in [0.1, 0.15) is 17.3 Å². The normalized spacial score (nSPS) is 11.0. The van der Waals surface area contributed by atoms with Crippen molar-refractivity contribution in [1.29, 1.82) is 0 Å². The second-order valence-electron chi connectivity index (χ2n) is 7.13. The molecule has 0 radical (unpaired) electrons. The zero-order valence-electron chi connectivity index (χ0n) is 18.8. The number of anilines is 2. The third-order valence-corrected chi connectivity index (χ3v) is 7.11. The Morgan fingerprint density at radius 2 is 1.71 bits per heavy atom. The Labute approximate surface area is 213 Å². The van der Waals surface area contributed by atoms with Crippen molar-refractivity contribution in [2.24, 2.45) is 0 Å². The molecule has 3 aromatic carbocycles. The fraction of sp³-hybridized carbons (Fsp3) is 0.167. The molecule has 0 aliphatic rings. The largest absolute Gasteiger partial charge is 0.497 e. The van der Waals surface area contributed by atoms with Crippen molar-refractivity contribution in [1.82, 2.24) is 0 Å². The van der Waals surface area contributed by atoms with Gasteiger partial charge >= 0.3 is 5.97 Å². The first-order chi connectivity index (χ1) is 16.6. The molecule has 0 bridgehead atoms. The number of sulfonamides is 1. The molecule has 0 aromatic heterocycles. The Morgan fingerprint density at radius 1 is 1.00 bits per heavy atom. The number of benzene rings is 3. The van der Waals surface area contributed by atoms with E-state index in [2.05, 4.69) is 5.32 Å². The molecule has 1 amide bonds. The van der Waals surface area contributed by atoms with Crippen LogP contribution in [-0.4, -0.2) is 40.6 Å². The minimum absolute atomic E-state index is 0.0343. The first-order valence-corrected chi connectivity index (χ1v) is 12.5. The molecule has 3 rings (SSSR count). The SMILES string of the molecule is CCOC(=O)c1ccc(NC(=O)CN(c2cccc(Cl)c2)S(=O)(=O)c2ccc(OC)cc2)cc1Cl. The van der Waals surface area contributed by atoms with E-state index in [-0.39, 0.29) is 33.5 Å². The summed E-state index contributed by atoms with van der Waals surface area (Å²) in [5, 5.41) is 2.99. The van der Waals surface area contributed by atoms with Gasteiger partial charge in [0.1, 0.15) is 12.3 Å². The summed E-state index contributed by atoms with van der Waals surface area (Å²) in [6.07, 6.45) is 0. The zero-order valence-corrected chi connectivity index (χ0v) is 21.2. The van der Waals surface area contributed by atoms with Crippen LogP contribution in [0.5, 0.6) is 5.75 Å². The van der Waals surface area contributed by atoms with Crippen LogP contribution in [0, 0.1) is 0 Å². The van der Waals surface area contributed by atoms with Crippen molar-refractivity contribution in [3.8, 4) is 5.75 Å². The molecule has 0 fully saturated rings. The molecule has 1 N–H and O–H groups in total. The van der Waals surface area contributed by atoms with E-state index >= 15 is 0 Å². The van der Waals surface area contributed by atoms with Gasteiger partial charge in [0, 0.05) is 10.7 Å². The summed E-state index contributed by atoms with van der Waals surface area (Å²) < 4.78 is 37.9. The van der Waals surface area contributed by atoms with Crippen LogP contribution in [0.2, 0.25) is 10.0 Å². The maximum Gasteiger partial charge on any atom is 0.339 e. The van der Waals surface area contributed by atoms with Crippen molar-refractivity contribution in [2.45, 2.75) is 11.8 Å². The van der Waals surface area contributed by atoms with E-state index < -0.39 is 28.4 Å². The summed E-state index contributed by atoms with van der Waals surface area (Å²) in [6.45, 7) is 1.31. The van der Waals surface area contributed by atoms with Gasteiger partial charge in [0.2, 0.25) is 5.91 Å². The van der Waals surface area contributed by atoms with Gasteiger partial charge in [-0.2, -0.15) is 0 Å².